The SMILES string of the molecule is CCOC(=O)c1ccccc1.c1cc2cc-2c1. The van der Waals surface area contributed by atoms with Crippen LogP contribution in [0, 0.1) is 0 Å². The van der Waals surface area contributed by atoms with E-state index in [1.54, 1.807) is 19.1 Å². The number of benzene rings is 2. The van der Waals surface area contributed by atoms with Crippen LogP contribution in [0.25, 0.3) is 11.1 Å². The van der Waals surface area contributed by atoms with Gasteiger partial charge in [-0.2, -0.15) is 0 Å². The molecule has 2 heteroatoms. The van der Waals surface area contributed by atoms with Crippen molar-refractivity contribution >= 4 is 5.97 Å². The van der Waals surface area contributed by atoms with Crippen LogP contribution >= 0.6 is 0 Å². The lowest BCUT2D eigenvalue weighted by molar-refractivity contribution is 0.0526. The summed E-state index contributed by atoms with van der Waals surface area (Å²) in [5.41, 5.74) is 3.46. The van der Waals surface area contributed by atoms with Crippen LogP contribution in [0.2, 0.25) is 0 Å². The molecule has 1 aromatic rings. The molecule has 0 amide bonds. The number of rotatable bonds is 2. The van der Waals surface area contributed by atoms with Crippen molar-refractivity contribution in [3.63, 3.8) is 0 Å². The molecule has 0 saturated carbocycles. The summed E-state index contributed by atoms with van der Waals surface area (Å²) in [4.78, 5) is 11.0. The van der Waals surface area contributed by atoms with Crippen molar-refractivity contribution in [2.45, 2.75) is 6.92 Å². The Balaban J connectivity index is 0.000000148. The Hall–Kier alpha value is -2.09. The fourth-order valence-electron chi connectivity index (χ4n) is 1.46. The topological polar surface area (TPSA) is 26.3 Å². The van der Waals surface area contributed by atoms with Gasteiger partial charge in [0.1, 0.15) is 0 Å². The summed E-state index contributed by atoms with van der Waals surface area (Å²) < 4.78 is 4.79. The monoisotopic (exact) mass is 226 g/mol. The standard InChI is InChI=1S/C9H10O2.C6H4/c1-2-11-9(10)8-6-4-3-5-7-8;1-2-5-4-6(5)3-1/h3-7H,2H2,1H3;1-4H. The minimum Gasteiger partial charge on any atom is -0.462 e. The lowest BCUT2D eigenvalue weighted by Gasteiger charge is -1.99. The van der Waals surface area contributed by atoms with E-state index < -0.39 is 0 Å². The summed E-state index contributed by atoms with van der Waals surface area (Å²) >= 11 is 0. The molecule has 0 unspecified atom stereocenters. The van der Waals surface area contributed by atoms with Crippen LogP contribution in [-0.2, 0) is 4.74 Å². The third-order valence-corrected chi connectivity index (χ3v) is 2.40. The first-order chi connectivity index (χ1) is 8.31. The van der Waals surface area contributed by atoms with E-state index in [-0.39, 0.29) is 5.97 Å². The van der Waals surface area contributed by atoms with E-state index in [1.165, 1.54) is 11.1 Å². The zero-order valence-corrected chi connectivity index (χ0v) is 9.72. The number of ether oxygens (including phenoxy) is 1. The first kappa shape index (κ1) is 11.4. The number of fused-ring (bicyclic) bond motifs is 1. The molecule has 1 aromatic carbocycles. The minimum absolute atomic E-state index is 0.256. The van der Waals surface area contributed by atoms with Crippen molar-refractivity contribution in [3.05, 3.63) is 60.2 Å². The van der Waals surface area contributed by atoms with Gasteiger partial charge in [-0.05, 0) is 36.2 Å². The predicted octanol–water partition coefficient (Wildman–Crippen LogP) is 3.53. The molecule has 0 bridgehead atoms. The van der Waals surface area contributed by atoms with Crippen molar-refractivity contribution in [2.24, 2.45) is 0 Å². The third-order valence-electron chi connectivity index (χ3n) is 2.40. The number of carbonyl (C=O) groups excluding carboxylic acids is 1. The van der Waals surface area contributed by atoms with Gasteiger partial charge in [0.2, 0.25) is 0 Å². The summed E-state index contributed by atoms with van der Waals surface area (Å²) in [6, 6.07) is 17.4. The molecule has 0 spiro atoms. The molecule has 0 radical (unpaired) electrons. The average molecular weight is 226 g/mol. The quantitative estimate of drug-likeness (QED) is 0.625. The highest BCUT2D eigenvalue weighted by atomic mass is 16.5. The Bertz CT molecular complexity index is 486. The zero-order valence-electron chi connectivity index (χ0n) is 9.72. The Labute approximate surface area is 101 Å². The molecule has 2 aliphatic carbocycles. The van der Waals surface area contributed by atoms with Crippen molar-refractivity contribution < 1.29 is 9.53 Å². The lowest BCUT2D eigenvalue weighted by atomic mass is 10.2. The lowest BCUT2D eigenvalue weighted by Crippen LogP contribution is -2.03. The smallest absolute Gasteiger partial charge is 0.338 e. The predicted molar refractivity (Wildman–Crippen MR) is 67.8 cm³/mol. The molecule has 86 valence electrons. The molecule has 3 rings (SSSR count). The van der Waals surface area contributed by atoms with Gasteiger partial charge in [-0.25, -0.2) is 4.79 Å². The van der Waals surface area contributed by atoms with E-state index in [0.717, 1.165) is 0 Å². The zero-order chi connectivity index (χ0) is 12.1. The minimum atomic E-state index is -0.256. The highest BCUT2D eigenvalue weighted by molar-refractivity contribution is 5.89. The molecular weight excluding hydrogens is 212 g/mol. The van der Waals surface area contributed by atoms with Crippen LogP contribution in [0.5, 0.6) is 0 Å². The van der Waals surface area contributed by atoms with E-state index in [9.17, 15) is 4.79 Å². The molecule has 0 atom stereocenters. The Kier molecular flexibility index (Phi) is 3.55. The van der Waals surface area contributed by atoms with Gasteiger partial charge in [-0.15, -0.1) is 0 Å². The highest BCUT2D eigenvalue weighted by Gasteiger charge is 2.07. The molecule has 0 saturated heterocycles. The molecule has 0 fully saturated rings. The highest BCUT2D eigenvalue weighted by Crippen LogP contribution is 2.32. The summed E-state index contributed by atoms with van der Waals surface area (Å²) in [5, 5.41) is 0. The molecular formula is C15H14O2. The Morgan fingerprint density at radius 3 is 2.06 bits per heavy atom. The second-order valence-corrected chi connectivity index (χ2v) is 3.67. The van der Waals surface area contributed by atoms with Crippen molar-refractivity contribution in [1.29, 1.82) is 0 Å². The maximum Gasteiger partial charge on any atom is 0.338 e. The Morgan fingerprint density at radius 1 is 1.00 bits per heavy atom. The normalized spacial score (nSPS) is 9.94. The van der Waals surface area contributed by atoms with E-state index in [2.05, 4.69) is 24.3 Å². The first-order valence-electron chi connectivity index (χ1n) is 5.64. The molecule has 0 aliphatic heterocycles. The van der Waals surface area contributed by atoms with Crippen LogP contribution < -0.4 is 0 Å². The van der Waals surface area contributed by atoms with E-state index in [0.29, 0.717) is 12.2 Å². The van der Waals surface area contributed by atoms with Gasteiger partial charge < -0.3 is 4.74 Å². The summed E-state index contributed by atoms with van der Waals surface area (Å²) in [5.74, 6) is -0.256. The van der Waals surface area contributed by atoms with Gasteiger partial charge in [-0.3, -0.25) is 0 Å². The maximum atomic E-state index is 11.0. The summed E-state index contributed by atoms with van der Waals surface area (Å²) in [7, 11) is 0. The molecule has 17 heavy (non-hydrogen) atoms. The third kappa shape index (κ3) is 3.18. The molecule has 0 N–H and O–H groups in total. The first-order valence-corrected chi connectivity index (χ1v) is 5.64. The largest absolute Gasteiger partial charge is 0.462 e. The fourth-order valence-corrected chi connectivity index (χ4v) is 1.46. The van der Waals surface area contributed by atoms with Crippen LogP contribution in [-0.4, -0.2) is 12.6 Å². The van der Waals surface area contributed by atoms with Crippen LogP contribution in [0.15, 0.2) is 54.6 Å². The van der Waals surface area contributed by atoms with Gasteiger partial charge in [0.05, 0.1) is 12.2 Å². The van der Waals surface area contributed by atoms with Gasteiger partial charge in [0.15, 0.2) is 0 Å². The van der Waals surface area contributed by atoms with Crippen LogP contribution in [0.1, 0.15) is 17.3 Å². The Morgan fingerprint density at radius 2 is 1.65 bits per heavy atom. The second-order valence-electron chi connectivity index (χ2n) is 3.67. The summed E-state index contributed by atoms with van der Waals surface area (Å²) in [6.07, 6.45) is 0. The van der Waals surface area contributed by atoms with Gasteiger partial charge >= 0.3 is 5.97 Å². The van der Waals surface area contributed by atoms with Gasteiger partial charge in [0.25, 0.3) is 0 Å². The molecule has 2 aliphatic rings. The van der Waals surface area contributed by atoms with Crippen LogP contribution in [0.3, 0.4) is 0 Å². The molecule has 0 heterocycles. The number of esters is 1. The van der Waals surface area contributed by atoms with Gasteiger partial charge in [0, 0.05) is 0 Å². The van der Waals surface area contributed by atoms with E-state index >= 15 is 0 Å². The maximum absolute atomic E-state index is 11.0. The second kappa shape index (κ2) is 5.30. The molecule has 0 aromatic heterocycles. The molecule has 2 nitrogen and oxygen atoms in total. The number of hydrogen-bond donors (Lipinski definition) is 0. The number of hydrogen-bond acceptors (Lipinski definition) is 2. The fraction of sp³-hybridized carbons (Fsp3) is 0.133. The average Bonchev–Trinajstić information content (AvgIpc) is 2.98. The van der Waals surface area contributed by atoms with Crippen molar-refractivity contribution in [3.8, 4) is 11.1 Å². The van der Waals surface area contributed by atoms with Crippen molar-refractivity contribution in [2.75, 3.05) is 6.61 Å². The van der Waals surface area contributed by atoms with Crippen LogP contribution in [0.4, 0.5) is 0 Å². The number of carbonyl (C=O) groups is 1. The van der Waals surface area contributed by atoms with E-state index in [1.807, 2.05) is 18.2 Å². The van der Waals surface area contributed by atoms with E-state index in [4.69, 9.17) is 4.74 Å². The van der Waals surface area contributed by atoms with Gasteiger partial charge in [-0.1, -0.05) is 36.4 Å². The summed E-state index contributed by atoms with van der Waals surface area (Å²) in [6.45, 7) is 2.22. The van der Waals surface area contributed by atoms with Crippen molar-refractivity contribution in [1.82, 2.24) is 0 Å².